The molecule has 0 radical (unpaired) electrons. The number of carbonyl (C=O) groups excluding carboxylic acids is 2. The molecule has 0 fully saturated rings. The third-order valence-electron chi connectivity index (χ3n) is 4.38. The van der Waals surface area contributed by atoms with Gasteiger partial charge in [-0.05, 0) is 63.1 Å². The number of benzene rings is 2. The molecule has 0 aliphatic carbocycles. The van der Waals surface area contributed by atoms with Crippen LogP contribution in [0.1, 0.15) is 39.7 Å². The first-order valence-electron chi connectivity index (χ1n) is 9.94. The highest BCUT2D eigenvalue weighted by atomic mass is 35.5. The largest absolute Gasteiger partial charge is 0.484 e. The van der Waals surface area contributed by atoms with Crippen LogP contribution in [0, 0.1) is 0 Å². The van der Waals surface area contributed by atoms with Crippen LogP contribution in [0.4, 0.5) is 0 Å². The van der Waals surface area contributed by atoms with Crippen molar-refractivity contribution in [2.24, 2.45) is 0 Å². The zero-order chi connectivity index (χ0) is 23.2. The van der Waals surface area contributed by atoms with Gasteiger partial charge >= 0.3 is 0 Å². The van der Waals surface area contributed by atoms with Crippen molar-refractivity contribution in [3.05, 3.63) is 63.1 Å². The summed E-state index contributed by atoms with van der Waals surface area (Å²) in [5.74, 6) is -0.0874. The molecule has 1 atom stereocenters. The van der Waals surface area contributed by atoms with E-state index >= 15 is 0 Å². The molecule has 0 saturated heterocycles. The van der Waals surface area contributed by atoms with Crippen LogP contribution < -0.4 is 10.1 Å². The Hall–Kier alpha value is -1.95. The van der Waals surface area contributed by atoms with Crippen molar-refractivity contribution in [1.82, 2.24) is 10.2 Å². The van der Waals surface area contributed by atoms with Crippen LogP contribution in [0.5, 0.6) is 5.75 Å². The molecular formula is C23H27Cl3N2O3. The van der Waals surface area contributed by atoms with E-state index in [1.54, 1.807) is 42.5 Å². The second kappa shape index (κ2) is 11.1. The highest BCUT2D eigenvalue weighted by molar-refractivity contribution is 6.42. The monoisotopic (exact) mass is 484 g/mol. The van der Waals surface area contributed by atoms with Crippen LogP contribution in [-0.4, -0.2) is 34.9 Å². The molecular weight excluding hydrogens is 459 g/mol. The molecule has 1 N–H and O–H groups in total. The first-order chi connectivity index (χ1) is 14.5. The molecule has 2 aromatic carbocycles. The molecule has 2 aromatic rings. The van der Waals surface area contributed by atoms with Crippen LogP contribution >= 0.6 is 34.8 Å². The van der Waals surface area contributed by atoms with E-state index in [2.05, 4.69) is 5.32 Å². The smallest absolute Gasteiger partial charge is 0.261 e. The average molecular weight is 486 g/mol. The van der Waals surface area contributed by atoms with Gasteiger partial charge in [-0.3, -0.25) is 9.59 Å². The lowest BCUT2D eigenvalue weighted by atomic mass is 10.1. The van der Waals surface area contributed by atoms with Crippen molar-refractivity contribution in [3.63, 3.8) is 0 Å². The molecule has 2 rings (SSSR count). The molecule has 5 nitrogen and oxygen atoms in total. The van der Waals surface area contributed by atoms with E-state index in [4.69, 9.17) is 39.5 Å². The van der Waals surface area contributed by atoms with Gasteiger partial charge in [-0.25, -0.2) is 0 Å². The quantitative estimate of drug-likeness (QED) is 0.518. The molecule has 0 aliphatic heterocycles. The Morgan fingerprint density at radius 1 is 1.06 bits per heavy atom. The Kier molecular flexibility index (Phi) is 9.04. The number of nitrogens with zero attached hydrogens (tertiary/aromatic N) is 1. The van der Waals surface area contributed by atoms with Gasteiger partial charge in [-0.15, -0.1) is 0 Å². The molecule has 0 spiro atoms. The third kappa shape index (κ3) is 7.91. The van der Waals surface area contributed by atoms with Crippen molar-refractivity contribution in [1.29, 1.82) is 0 Å². The van der Waals surface area contributed by atoms with E-state index in [9.17, 15) is 9.59 Å². The van der Waals surface area contributed by atoms with Gasteiger partial charge in [-0.2, -0.15) is 0 Å². The number of nitrogens with one attached hydrogen (secondary N) is 1. The standard InChI is InChI=1S/C23H27Cl3N2O3/c1-5-20(22(30)27-23(2,3)4)28(13-15-9-10-18(25)19(26)11-15)21(29)14-31-17-8-6-7-16(24)12-17/h6-12,20H,5,13-14H2,1-4H3,(H,27,30). The summed E-state index contributed by atoms with van der Waals surface area (Å²) in [4.78, 5) is 27.6. The molecule has 168 valence electrons. The summed E-state index contributed by atoms with van der Waals surface area (Å²) in [7, 11) is 0. The Labute approximate surface area is 198 Å². The maximum Gasteiger partial charge on any atom is 0.261 e. The van der Waals surface area contributed by atoms with E-state index in [0.717, 1.165) is 5.56 Å². The highest BCUT2D eigenvalue weighted by Gasteiger charge is 2.31. The Bertz CT molecular complexity index is 929. The molecule has 1 unspecified atom stereocenters. The van der Waals surface area contributed by atoms with Gasteiger partial charge in [0, 0.05) is 17.1 Å². The van der Waals surface area contributed by atoms with Crippen LogP contribution in [0.3, 0.4) is 0 Å². The number of hydrogen-bond acceptors (Lipinski definition) is 3. The maximum atomic E-state index is 13.2. The summed E-state index contributed by atoms with van der Waals surface area (Å²) in [6, 6.07) is 11.3. The fourth-order valence-corrected chi connectivity index (χ4v) is 3.49. The van der Waals surface area contributed by atoms with Gasteiger partial charge in [-0.1, -0.05) is 53.9 Å². The molecule has 8 heteroatoms. The number of hydrogen-bond donors (Lipinski definition) is 1. The van der Waals surface area contributed by atoms with E-state index in [1.165, 1.54) is 4.90 Å². The Morgan fingerprint density at radius 2 is 1.77 bits per heavy atom. The van der Waals surface area contributed by atoms with E-state index in [1.807, 2.05) is 27.7 Å². The molecule has 0 saturated carbocycles. The molecule has 2 amide bonds. The summed E-state index contributed by atoms with van der Waals surface area (Å²) in [6.07, 6.45) is 0.437. The zero-order valence-corrected chi connectivity index (χ0v) is 20.3. The Balaban J connectivity index is 2.27. The van der Waals surface area contributed by atoms with Crippen molar-refractivity contribution >= 4 is 46.6 Å². The lowest BCUT2D eigenvalue weighted by Crippen LogP contribution is -2.54. The zero-order valence-electron chi connectivity index (χ0n) is 18.0. The number of ether oxygens (including phenoxy) is 1. The van der Waals surface area contributed by atoms with E-state index < -0.39 is 11.6 Å². The second-order valence-corrected chi connectivity index (χ2v) is 9.43. The minimum atomic E-state index is -0.677. The minimum absolute atomic E-state index is 0.185. The summed E-state index contributed by atoms with van der Waals surface area (Å²) >= 11 is 18.1. The van der Waals surface area contributed by atoms with Crippen LogP contribution in [-0.2, 0) is 16.1 Å². The number of rotatable bonds is 8. The lowest BCUT2D eigenvalue weighted by molar-refractivity contribution is -0.143. The summed E-state index contributed by atoms with van der Waals surface area (Å²) in [6.45, 7) is 7.49. The van der Waals surface area contributed by atoms with Crippen molar-refractivity contribution in [2.45, 2.75) is 52.2 Å². The van der Waals surface area contributed by atoms with Crippen molar-refractivity contribution in [2.75, 3.05) is 6.61 Å². The summed E-state index contributed by atoms with van der Waals surface area (Å²) in [5.41, 5.74) is 0.326. The maximum absolute atomic E-state index is 13.2. The van der Waals surface area contributed by atoms with Crippen LogP contribution in [0.2, 0.25) is 15.1 Å². The first-order valence-corrected chi connectivity index (χ1v) is 11.1. The summed E-state index contributed by atoms with van der Waals surface area (Å²) in [5, 5.41) is 4.27. The Morgan fingerprint density at radius 3 is 2.35 bits per heavy atom. The van der Waals surface area contributed by atoms with Gasteiger partial charge in [0.15, 0.2) is 6.61 Å². The summed E-state index contributed by atoms with van der Waals surface area (Å²) < 4.78 is 5.63. The lowest BCUT2D eigenvalue weighted by Gasteiger charge is -2.33. The van der Waals surface area contributed by atoms with E-state index in [0.29, 0.717) is 27.2 Å². The molecule has 0 heterocycles. The second-order valence-electron chi connectivity index (χ2n) is 8.18. The fourth-order valence-electron chi connectivity index (χ4n) is 2.99. The number of amides is 2. The van der Waals surface area contributed by atoms with E-state index in [-0.39, 0.29) is 25.0 Å². The molecule has 0 aliphatic rings. The van der Waals surface area contributed by atoms with Gasteiger partial charge < -0.3 is 15.0 Å². The third-order valence-corrected chi connectivity index (χ3v) is 5.35. The fraction of sp³-hybridized carbons (Fsp3) is 0.391. The SMILES string of the molecule is CCC(C(=O)NC(C)(C)C)N(Cc1ccc(Cl)c(Cl)c1)C(=O)COc1cccc(Cl)c1. The van der Waals surface area contributed by atoms with Crippen LogP contribution in [0.15, 0.2) is 42.5 Å². The van der Waals surface area contributed by atoms with Crippen LogP contribution in [0.25, 0.3) is 0 Å². The van der Waals surface area contributed by atoms with Crippen molar-refractivity contribution in [3.8, 4) is 5.75 Å². The minimum Gasteiger partial charge on any atom is -0.484 e. The first kappa shape index (κ1) is 25.3. The van der Waals surface area contributed by atoms with Gasteiger partial charge in [0.2, 0.25) is 5.91 Å². The topological polar surface area (TPSA) is 58.6 Å². The molecule has 31 heavy (non-hydrogen) atoms. The van der Waals surface area contributed by atoms with Gasteiger partial charge in [0.25, 0.3) is 5.91 Å². The predicted octanol–water partition coefficient (Wildman–Crippen LogP) is 5.75. The van der Waals surface area contributed by atoms with Gasteiger partial charge in [0.1, 0.15) is 11.8 Å². The highest BCUT2D eigenvalue weighted by Crippen LogP contribution is 2.24. The molecule has 0 aromatic heterocycles. The van der Waals surface area contributed by atoms with Crippen molar-refractivity contribution < 1.29 is 14.3 Å². The normalized spacial score (nSPS) is 12.2. The average Bonchev–Trinajstić information content (AvgIpc) is 2.67. The number of halogens is 3. The predicted molar refractivity (Wildman–Crippen MR) is 126 cm³/mol. The number of carbonyl (C=O) groups is 2. The van der Waals surface area contributed by atoms with Gasteiger partial charge in [0.05, 0.1) is 10.0 Å². The molecule has 0 bridgehead atoms.